The second-order valence-corrected chi connectivity index (χ2v) is 3.97. The van der Waals surface area contributed by atoms with Gasteiger partial charge in [-0.05, 0) is 24.3 Å². The van der Waals surface area contributed by atoms with Gasteiger partial charge in [-0.25, -0.2) is 13.6 Å². The smallest absolute Gasteiger partial charge is 0.341 e. The van der Waals surface area contributed by atoms with E-state index in [4.69, 9.17) is 20.8 Å². The van der Waals surface area contributed by atoms with Crippen molar-refractivity contribution in [1.29, 1.82) is 5.26 Å². The van der Waals surface area contributed by atoms with Crippen molar-refractivity contribution in [3.05, 3.63) is 53.1 Å². The van der Waals surface area contributed by atoms with Gasteiger partial charge < -0.3 is 15.6 Å². The molecule has 0 saturated carbocycles. The second-order valence-electron chi connectivity index (χ2n) is 3.97. The number of ether oxygens (including phenoxy) is 1. The highest BCUT2D eigenvalue weighted by Gasteiger charge is 2.20. The van der Waals surface area contributed by atoms with Crippen LogP contribution in [0.5, 0.6) is 11.5 Å². The quantitative estimate of drug-likeness (QED) is 0.847. The predicted molar refractivity (Wildman–Crippen MR) is 69.0 cm³/mol. The van der Waals surface area contributed by atoms with E-state index in [0.717, 1.165) is 18.2 Å². The molecule has 2 aromatic rings. The lowest BCUT2D eigenvalue weighted by Crippen LogP contribution is -2.07. The summed E-state index contributed by atoms with van der Waals surface area (Å²) in [7, 11) is 0. The second kappa shape index (κ2) is 5.46. The number of aromatic carboxylic acids is 1. The Morgan fingerprint density at radius 1 is 1.19 bits per heavy atom. The van der Waals surface area contributed by atoms with Gasteiger partial charge in [-0.3, -0.25) is 0 Å². The number of nitrogens with two attached hydrogens (primary N) is 1. The molecule has 0 amide bonds. The highest BCUT2D eigenvalue weighted by molar-refractivity contribution is 5.97. The molecule has 0 aliphatic rings. The fraction of sp³-hybridized carbons (Fsp3) is 0. The molecule has 7 heteroatoms. The van der Waals surface area contributed by atoms with Crippen LogP contribution in [0.2, 0.25) is 0 Å². The Balaban J connectivity index is 2.56. The summed E-state index contributed by atoms with van der Waals surface area (Å²) < 4.78 is 32.0. The topological polar surface area (TPSA) is 96.3 Å². The lowest BCUT2D eigenvalue weighted by atomic mass is 10.1. The van der Waals surface area contributed by atoms with Gasteiger partial charge >= 0.3 is 5.97 Å². The summed E-state index contributed by atoms with van der Waals surface area (Å²) in [5.41, 5.74) is 3.78. The van der Waals surface area contributed by atoms with Crippen LogP contribution >= 0.6 is 0 Å². The standard InChI is InChI=1S/C14H8F2N2O3/c15-8-2-1-3-10(7(8)6-17)21-11-5-4-9(16)13(18)12(11)14(19)20/h1-5H,18H2,(H,19,20). The van der Waals surface area contributed by atoms with Crippen molar-refractivity contribution < 1.29 is 23.4 Å². The number of nitrogen functional groups attached to an aromatic ring is 1. The van der Waals surface area contributed by atoms with Gasteiger partial charge in [0.15, 0.2) is 0 Å². The van der Waals surface area contributed by atoms with E-state index in [1.54, 1.807) is 6.07 Å². The first-order valence-corrected chi connectivity index (χ1v) is 5.63. The van der Waals surface area contributed by atoms with Crippen molar-refractivity contribution >= 4 is 11.7 Å². The van der Waals surface area contributed by atoms with Gasteiger partial charge in [-0.2, -0.15) is 5.26 Å². The average molecular weight is 290 g/mol. The van der Waals surface area contributed by atoms with Crippen LogP contribution in [0.3, 0.4) is 0 Å². The van der Waals surface area contributed by atoms with Crippen molar-refractivity contribution in [1.82, 2.24) is 0 Å². The number of carboxylic acid groups (broad SMARTS) is 1. The van der Waals surface area contributed by atoms with Gasteiger partial charge in [-0.15, -0.1) is 0 Å². The van der Waals surface area contributed by atoms with Crippen molar-refractivity contribution in [2.75, 3.05) is 5.73 Å². The summed E-state index contributed by atoms with van der Waals surface area (Å²) in [6.45, 7) is 0. The number of rotatable bonds is 3. The van der Waals surface area contributed by atoms with E-state index in [0.29, 0.717) is 0 Å². The maximum Gasteiger partial charge on any atom is 0.341 e. The molecule has 106 valence electrons. The number of halogens is 2. The van der Waals surface area contributed by atoms with Crippen molar-refractivity contribution in [3.8, 4) is 17.6 Å². The molecule has 0 aromatic heterocycles. The van der Waals surface area contributed by atoms with E-state index >= 15 is 0 Å². The molecule has 3 N–H and O–H groups in total. The molecule has 0 radical (unpaired) electrons. The SMILES string of the molecule is N#Cc1c(F)cccc1Oc1ccc(F)c(N)c1C(=O)O. The molecule has 0 fully saturated rings. The monoisotopic (exact) mass is 290 g/mol. The van der Waals surface area contributed by atoms with Gasteiger partial charge in [0.25, 0.3) is 0 Å². The summed E-state index contributed by atoms with van der Waals surface area (Å²) in [5.74, 6) is -3.71. The molecular weight excluding hydrogens is 282 g/mol. The largest absolute Gasteiger partial charge is 0.477 e. The van der Waals surface area contributed by atoms with E-state index in [-0.39, 0.29) is 11.5 Å². The molecule has 0 saturated heterocycles. The minimum Gasteiger partial charge on any atom is -0.477 e. The van der Waals surface area contributed by atoms with Crippen molar-refractivity contribution in [2.24, 2.45) is 0 Å². The summed E-state index contributed by atoms with van der Waals surface area (Å²) in [4.78, 5) is 11.1. The molecule has 2 rings (SSSR count). The van der Waals surface area contributed by atoms with E-state index in [1.807, 2.05) is 0 Å². The Morgan fingerprint density at radius 2 is 1.90 bits per heavy atom. The molecule has 0 spiro atoms. The van der Waals surface area contributed by atoms with E-state index < -0.39 is 34.4 Å². The number of nitriles is 1. The summed E-state index contributed by atoms with van der Waals surface area (Å²) in [6.07, 6.45) is 0. The van der Waals surface area contributed by atoms with E-state index in [2.05, 4.69) is 0 Å². The number of hydrogen-bond donors (Lipinski definition) is 2. The molecule has 0 heterocycles. The van der Waals surface area contributed by atoms with Crippen LogP contribution in [-0.2, 0) is 0 Å². The third-order valence-corrected chi connectivity index (χ3v) is 2.68. The van der Waals surface area contributed by atoms with E-state index in [1.165, 1.54) is 12.1 Å². The average Bonchev–Trinajstić information content (AvgIpc) is 2.43. The van der Waals surface area contributed by atoms with Crippen LogP contribution in [0.1, 0.15) is 15.9 Å². The molecule has 0 aliphatic carbocycles. The van der Waals surface area contributed by atoms with Crippen LogP contribution in [-0.4, -0.2) is 11.1 Å². The zero-order chi connectivity index (χ0) is 15.6. The Bertz CT molecular complexity index is 770. The minimum atomic E-state index is -1.50. The molecular formula is C14H8F2N2O3. The molecule has 5 nitrogen and oxygen atoms in total. The fourth-order valence-corrected chi connectivity index (χ4v) is 1.70. The molecule has 0 aliphatic heterocycles. The first-order chi connectivity index (χ1) is 9.95. The fourth-order valence-electron chi connectivity index (χ4n) is 1.70. The Morgan fingerprint density at radius 3 is 2.52 bits per heavy atom. The van der Waals surface area contributed by atoms with E-state index in [9.17, 15) is 13.6 Å². The highest BCUT2D eigenvalue weighted by atomic mass is 19.1. The molecule has 21 heavy (non-hydrogen) atoms. The van der Waals surface area contributed by atoms with Crippen molar-refractivity contribution in [3.63, 3.8) is 0 Å². The summed E-state index contributed by atoms with van der Waals surface area (Å²) in [6, 6.07) is 7.20. The van der Waals surface area contributed by atoms with Crippen LogP contribution in [0.4, 0.5) is 14.5 Å². The number of benzene rings is 2. The minimum absolute atomic E-state index is 0.189. The van der Waals surface area contributed by atoms with Gasteiger partial charge in [0, 0.05) is 0 Å². The first-order valence-electron chi connectivity index (χ1n) is 5.63. The maximum atomic E-state index is 13.5. The number of anilines is 1. The molecule has 2 aromatic carbocycles. The number of hydrogen-bond acceptors (Lipinski definition) is 4. The normalized spacial score (nSPS) is 9.95. The first kappa shape index (κ1) is 14.3. The third kappa shape index (κ3) is 2.60. The third-order valence-electron chi connectivity index (χ3n) is 2.68. The van der Waals surface area contributed by atoms with Gasteiger partial charge in [0.1, 0.15) is 40.3 Å². The van der Waals surface area contributed by atoms with Gasteiger partial charge in [0.2, 0.25) is 0 Å². The molecule has 0 atom stereocenters. The van der Waals surface area contributed by atoms with Crippen LogP contribution < -0.4 is 10.5 Å². The zero-order valence-electron chi connectivity index (χ0n) is 10.4. The lowest BCUT2D eigenvalue weighted by Gasteiger charge is -2.12. The Hall–Kier alpha value is -3.14. The Kier molecular flexibility index (Phi) is 3.71. The maximum absolute atomic E-state index is 13.5. The highest BCUT2D eigenvalue weighted by Crippen LogP contribution is 2.33. The molecule has 0 bridgehead atoms. The summed E-state index contributed by atoms with van der Waals surface area (Å²) >= 11 is 0. The van der Waals surface area contributed by atoms with Crippen LogP contribution in [0.15, 0.2) is 30.3 Å². The van der Waals surface area contributed by atoms with Crippen molar-refractivity contribution in [2.45, 2.75) is 0 Å². The number of nitrogens with zero attached hydrogens (tertiary/aromatic N) is 1. The zero-order valence-corrected chi connectivity index (χ0v) is 10.4. The van der Waals surface area contributed by atoms with Crippen LogP contribution in [0.25, 0.3) is 0 Å². The van der Waals surface area contributed by atoms with Crippen LogP contribution in [0, 0.1) is 23.0 Å². The number of carboxylic acids is 1. The van der Waals surface area contributed by atoms with Gasteiger partial charge in [0.05, 0.1) is 5.69 Å². The Labute approximate surface area is 117 Å². The van der Waals surface area contributed by atoms with Gasteiger partial charge in [-0.1, -0.05) is 6.07 Å². The number of carbonyl (C=O) groups is 1. The summed E-state index contributed by atoms with van der Waals surface area (Å²) in [5, 5.41) is 17.9. The lowest BCUT2D eigenvalue weighted by molar-refractivity contribution is 0.0695. The predicted octanol–water partition coefficient (Wildman–Crippen LogP) is 2.91. The molecule has 0 unspecified atom stereocenters.